The summed E-state index contributed by atoms with van der Waals surface area (Å²) in [6.07, 6.45) is 0. The molecule has 0 saturated carbocycles. The van der Waals surface area contributed by atoms with Gasteiger partial charge in [0.25, 0.3) is 0 Å². The molecule has 5 heteroatoms. The van der Waals surface area contributed by atoms with Crippen molar-refractivity contribution < 1.29 is 9.13 Å². The minimum Gasteiger partial charge on any atom is -0.488 e. The van der Waals surface area contributed by atoms with Crippen LogP contribution in [0.15, 0.2) is 34.8 Å². The Morgan fingerprint density at radius 2 is 1.81 bits per heavy atom. The molecule has 0 amide bonds. The molecule has 2 nitrogen and oxygen atoms in total. The molecule has 0 aliphatic carbocycles. The van der Waals surface area contributed by atoms with Crippen molar-refractivity contribution in [2.75, 3.05) is 0 Å². The maximum atomic E-state index is 13.3. The third-order valence-electron chi connectivity index (χ3n) is 3.05. The Morgan fingerprint density at radius 1 is 1.19 bits per heavy atom. The molecule has 0 heterocycles. The fraction of sp³-hybridized carbons (Fsp3) is 0.188. The second-order valence-corrected chi connectivity index (χ2v) is 6.23. The smallest absolute Gasteiger partial charge is 0.125 e. The van der Waals surface area contributed by atoms with E-state index in [1.54, 1.807) is 0 Å². The number of thiocarbonyl (C=S) groups is 1. The van der Waals surface area contributed by atoms with Crippen molar-refractivity contribution >= 4 is 33.1 Å². The zero-order valence-corrected chi connectivity index (χ0v) is 14.1. The van der Waals surface area contributed by atoms with Crippen LogP contribution in [0.5, 0.6) is 5.75 Å². The average Bonchev–Trinajstić information content (AvgIpc) is 2.36. The van der Waals surface area contributed by atoms with Gasteiger partial charge in [-0.3, -0.25) is 0 Å². The standard InChI is InChI=1S/C16H15BrFNOS/c1-9-3-12(16(19)21)4-10(2)15(9)20-8-11-5-13(17)7-14(18)6-11/h3-7H,8H2,1-2H3,(H2,19,21). The van der Waals surface area contributed by atoms with Crippen molar-refractivity contribution in [2.45, 2.75) is 20.5 Å². The largest absolute Gasteiger partial charge is 0.488 e. The van der Waals surface area contributed by atoms with Crippen LogP contribution in [-0.2, 0) is 6.61 Å². The summed E-state index contributed by atoms with van der Waals surface area (Å²) in [5.41, 5.74) is 9.13. The summed E-state index contributed by atoms with van der Waals surface area (Å²) in [6, 6.07) is 8.49. The van der Waals surface area contributed by atoms with Gasteiger partial charge in [-0.1, -0.05) is 28.1 Å². The molecule has 0 atom stereocenters. The van der Waals surface area contributed by atoms with Gasteiger partial charge in [-0.2, -0.15) is 0 Å². The highest BCUT2D eigenvalue weighted by atomic mass is 79.9. The molecule has 0 saturated heterocycles. The van der Waals surface area contributed by atoms with Crippen molar-refractivity contribution in [3.05, 3.63) is 62.9 Å². The number of rotatable bonds is 4. The molecule has 0 radical (unpaired) electrons. The summed E-state index contributed by atoms with van der Waals surface area (Å²) >= 11 is 8.25. The number of benzene rings is 2. The molecule has 0 fully saturated rings. The fourth-order valence-electron chi connectivity index (χ4n) is 2.17. The second-order valence-electron chi connectivity index (χ2n) is 4.87. The van der Waals surface area contributed by atoms with Crippen LogP contribution in [0.1, 0.15) is 22.3 Å². The Bertz CT molecular complexity index is 659. The SMILES string of the molecule is Cc1cc(C(N)=S)cc(C)c1OCc1cc(F)cc(Br)c1. The molecule has 0 bridgehead atoms. The number of ether oxygens (including phenoxy) is 1. The number of aryl methyl sites for hydroxylation is 2. The number of halogens is 2. The molecule has 2 aromatic rings. The normalized spacial score (nSPS) is 10.5. The van der Waals surface area contributed by atoms with Crippen LogP contribution in [0.2, 0.25) is 0 Å². The van der Waals surface area contributed by atoms with E-state index in [1.165, 1.54) is 12.1 Å². The van der Waals surface area contributed by atoms with Gasteiger partial charge in [-0.25, -0.2) is 4.39 Å². The van der Waals surface area contributed by atoms with Crippen molar-refractivity contribution in [2.24, 2.45) is 5.73 Å². The lowest BCUT2D eigenvalue weighted by Gasteiger charge is -2.14. The third kappa shape index (κ3) is 4.02. The topological polar surface area (TPSA) is 35.2 Å². The first-order valence-electron chi connectivity index (χ1n) is 6.35. The second kappa shape index (κ2) is 6.54. The first kappa shape index (κ1) is 15.9. The van der Waals surface area contributed by atoms with E-state index in [-0.39, 0.29) is 5.82 Å². The molecule has 0 aliphatic heterocycles. The number of hydrogen-bond acceptors (Lipinski definition) is 2. The van der Waals surface area contributed by atoms with Gasteiger partial charge in [0.1, 0.15) is 23.2 Å². The third-order valence-corrected chi connectivity index (χ3v) is 3.74. The van der Waals surface area contributed by atoms with Crippen molar-refractivity contribution in [3.8, 4) is 5.75 Å². The average molecular weight is 368 g/mol. The first-order valence-corrected chi connectivity index (χ1v) is 7.56. The summed E-state index contributed by atoms with van der Waals surface area (Å²) in [5, 5.41) is 0. The molecule has 21 heavy (non-hydrogen) atoms. The number of hydrogen-bond donors (Lipinski definition) is 1. The molecule has 2 N–H and O–H groups in total. The fourth-order valence-corrected chi connectivity index (χ4v) is 2.80. The molecule has 2 rings (SSSR count). The van der Waals surface area contributed by atoms with Crippen LogP contribution >= 0.6 is 28.1 Å². The maximum absolute atomic E-state index is 13.3. The lowest BCUT2D eigenvalue weighted by molar-refractivity contribution is 0.301. The van der Waals surface area contributed by atoms with Gasteiger partial charge in [0, 0.05) is 10.0 Å². The van der Waals surface area contributed by atoms with E-state index < -0.39 is 0 Å². The van der Waals surface area contributed by atoms with Gasteiger partial charge >= 0.3 is 0 Å². The molecule has 2 aromatic carbocycles. The Hall–Kier alpha value is -1.46. The van der Waals surface area contributed by atoms with Crippen molar-refractivity contribution in [3.63, 3.8) is 0 Å². The maximum Gasteiger partial charge on any atom is 0.125 e. The summed E-state index contributed by atoms with van der Waals surface area (Å²) < 4.78 is 19.9. The predicted molar refractivity (Wildman–Crippen MR) is 90.2 cm³/mol. The quantitative estimate of drug-likeness (QED) is 0.812. The summed E-state index contributed by atoms with van der Waals surface area (Å²) in [6.45, 7) is 4.17. The van der Waals surface area contributed by atoms with E-state index in [9.17, 15) is 4.39 Å². The van der Waals surface area contributed by atoms with E-state index in [0.717, 1.165) is 28.0 Å². The molecule has 110 valence electrons. The highest BCUT2D eigenvalue weighted by molar-refractivity contribution is 9.10. The summed E-state index contributed by atoms with van der Waals surface area (Å²) in [4.78, 5) is 0.363. The minimum absolute atomic E-state index is 0.291. The Balaban J connectivity index is 2.22. The highest BCUT2D eigenvalue weighted by Crippen LogP contribution is 2.26. The van der Waals surface area contributed by atoms with E-state index in [4.69, 9.17) is 22.7 Å². The van der Waals surface area contributed by atoms with Crippen LogP contribution in [0.25, 0.3) is 0 Å². The van der Waals surface area contributed by atoms with Crippen molar-refractivity contribution in [1.82, 2.24) is 0 Å². The lowest BCUT2D eigenvalue weighted by Crippen LogP contribution is -2.10. The van der Waals surface area contributed by atoms with E-state index in [0.29, 0.717) is 16.1 Å². The van der Waals surface area contributed by atoms with Gasteiger partial charge in [0.2, 0.25) is 0 Å². The monoisotopic (exact) mass is 367 g/mol. The molecule has 0 aromatic heterocycles. The van der Waals surface area contributed by atoms with E-state index >= 15 is 0 Å². The van der Waals surface area contributed by atoms with Gasteiger partial charge in [-0.05, 0) is 60.9 Å². The van der Waals surface area contributed by atoms with Crippen LogP contribution in [-0.4, -0.2) is 4.99 Å². The van der Waals surface area contributed by atoms with Gasteiger partial charge in [0.05, 0.1) is 0 Å². The van der Waals surface area contributed by atoms with E-state index in [2.05, 4.69) is 15.9 Å². The lowest BCUT2D eigenvalue weighted by atomic mass is 10.1. The van der Waals surface area contributed by atoms with Crippen LogP contribution in [0.4, 0.5) is 4.39 Å². The minimum atomic E-state index is -0.291. The molecular formula is C16H15BrFNOS. The summed E-state index contributed by atoms with van der Waals surface area (Å²) in [7, 11) is 0. The first-order chi connectivity index (χ1) is 9.86. The number of nitrogens with two attached hydrogens (primary N) is 1. The highest BCUT2D eigenvalue weighted by Gasteiger charge is 2.09. The molecular weight excluding hydrogens is 353 g/mol. The van der Waals surface area contributed by atoms with Crippen LogP contribution in [0, 0.1) is 19.7 Å². The Morgan fingerprint density at radius 3 is 2.33 bits per heavy atom. The van der Waals surface area contributed by atoms with Crippen LogP contribution < -0.4 is 10.5 Å². The Kier molecular flexibility index (Phi) is 4.96. The molecule has 0 aliphatic rings. The van der Waals surface area contributed by atoms with Crippen molar-refractivity contribution in [1.29, 1.82) is 0 Å². The molecule has 0 spiro atoms. The van der Waals surface area contributed by atoms with Gasteiger partial charge in [0.15, 0.2) is 0 Å². The van der Waals surface area contributed by atoms with E-state index in [1.807, 2.05) is 32.0 Å². The Labute approximate surface area is 137 Å². The predicted octanol–water partition coefficient (Wildman–Crippen LogP) is 4.42. The summed E-state index contributed by atoms with van der Waals surface area (Å²) in [5.74, 6) is 0.482. The van der Waals surface area contributed by atoms with Crippen LogP contribution in [0.3, 0.4) is 0 Å². The zero-order valence-electron chi connectivity index (χ0n) is 11.7. The zero-order chi connectivity index (χ0) is 15.6. The molecule has 0 unspecified atom stereocenters. The van der Waals surface area contributed by atoms with Gasteiger partial charge in [-0.15, -0.1) is 0 Å². The van der Waals surface area contributed by atoms with Gasteiger partial charge < -0.3 is 10.5 Å².